The van der Waals surface area contributed by atoms with Crippen molar-refractivity contribution in [1.82, 2.24) is 9.71 Å². The Morgan fingerprint density at radius 3 is 2.65 bits per heavy atom. The highest BCUT2D eigenvalue weighted by Gasteiger charge is 2.19. The third-order valence-corrected chi connectivity index (χ3v) is 4.83. The number of ether oxygens (including phenoxy) is 1. The third kappa shape index (κ3) is 5.77. The van der Waals surface area contributed by atoms with Gasteiger partial charge in [-0.3, -0.25) is 14.9 Å². The Morgan fingerprint density at radius 2 is 2.04 bits per heavy atom. The fourth-order valence-corrected chi connectivity index (χ4v) is 3.57. The number of hydrogen-bond donors (Lipinski definition) is 2. The van der Waals surface area contributed by atoms with Gasteiger partial charge in [-0.05, 0) is 18.6 Å². The van der Waals surface area contributed by atoms with E-state index in [1.807, 2.05) is 0 Å². The molecule has 140 valence electrons. The van der Waals surface area contributed by atoms with Gasteiger partial charge in [0.1, 0.15) is 5.75 Å². The molecular weight excluding hydrogens is 402 g/mol. The molecule has 2 aromatic rings. The van der Waals surface area contributed by atoms with Gasteiger partial charge in [0.15, 0.2) is 5.13 Å². The van der Waals surface area contributed by atoms with E-state index in [9.17, 15) is 18.0 Å². The van der Waals surface area contributed by atoms with E-state index in [1.165, 1.54) is 19.2 Å². The van der Waals surface area contributed by atoms with Crippen molar-refractivity contribution >= 4 is 50.0 Å². The van der Waals surface area contributed by atoms with Crippen LogP contribution in [0.1, 0.15) is 27.7 Å². The average molecular weight is 418 g/mol. The number of benzene rings is 1. The summed E-state index contributed by atoms with van der Waals surface area (Å²) >= 11 is 7.08. The first-order valence-corrected chi connectivity index (χ1v) is 10.3. The largest absolute Gasteiger partial charge is 0.426 e. The molecule has 1 amide bonds. The van der Waals surface area contributed by atoms with Gasteiger partial charge < -0.3 is 4.74 Å². The van der Waals surface area contributed by atoms with E-state index < -0.39 is 21.9 Å². The molecule has 2 rings (SSSR count). The van der Waals surface area contributed by atoms with Crippen LogP contribution in [0.2, 0.25) is 5.02 Å². The number of hydrogen-bond acceptors (Lipinski definition) is 7. The number of sulfonamides is 1. The normalized spacial score (nSPS) is 11.2. The van der Waals surface area contributed by atoms with Crippen LogP contribution in [0.3, 0.4) is 0 Å². The van der Waals surface area contributed by atoms with Crippen LogP contribution in [-0.4, -0.2) is 31.5 Å². The lowest BCUT2D eigenvalue weighted by molar-refractivity contribution is -0.131. The van der Waals surface area contributed by atoms with Gasteiger partial charge in [0.2, 0.25) is 10.0 Å². The molecule has 1 aromatic carbocycles. The lowest BCUT2D eigenvalue weighted by atomic mass is 10.1. The number of halogens is 1. The molecule has 2 N–H and O–H groups in total. The topological polar surface area (TPSA) is 114 Å². The molecule has 0 bridgehead atoms. The number of carbonyl (C=O) groups excluding carboxylic acids is 2. The second kappa shape index (κ2) is 8.12. The zero-order valence-electron chi connectivity index (χ0n) is 14.1. The van der Waals surface area contributed by atoms with Gasteiger partial charge in [-0.25, -0.2) is 18.1 Å². The van der Waals surface area contributed by atoms with E-state index >= 15 is 0 Å². The molecule has 0 unspecified atom stereocenters. The molecular formula is C15H16ClN3O5S2. The molecule has 0 spiro atoms. The maximum absolute atomic E-state index is 12.6. The smallest absolute Gasteiger partial charge is 0.308 e. The van der Waals surface area contributed by atoms with Crippen molar-refractivity contribution in [1.29, 1.82) is 0 Å². The lowest BCUT2D eigenvalue weighted by Crippen LogP contribution is -2.20. The van der Waals surface area contributed by atoms with Crippen LogP contribution >= 0.6 is 22.9 Å². The van der Waals surface area contributed by atoms with Gasteiger partial charge in [-0.1, -0.05) is 11.6 Å². The van der Waals surface area contributed by atoms with Crippen LogP contribution in [0.15, 0.2) is 18.3 Å². The first-order chi connectivity index (χ1) is 12.0. The van der Waals surface area contributed by atoms with E-state index in [0.717, 1.165) is 17.6 Å². The van der Waals surface area contributed by atoms with Crippen molar-refractivity contribution in [3.05, 3.63) is 39.4 Å². The van der Waals surface area contributed by atoms with Crippen LogP contribution in [-0.2, 0) is 21.4 Å². The number of aryl methyl sites for hydroxylation is 1. The lowest BCUT2D eigenvalue weighted by Gasteiger charge is -2.12. The van der Waals surface area contributed by atoms with Crippen molar-refractivity contribution in [2.24, 2.45) is 0 Å². The first-order valence-electron chi connectivity index (χ1n) is 7.24. The molecule has 26 heavy (non-hydrogen) atoms. The Labute approximate surface area is 159 Å². The zero-order valence-corrected chi connectivity index (χ0v) is 16.5. The van der Waals surface area contributed by atoms with Gasteiger partial charge in [-0.2, -0.15) is 0 Å². The standard InChI is InChI=1S/C15H16ClN3O5S2/c1-8-4-10(16)5-12(24-9(2)20)13(8)14(21)19-15-17-6-11(25-15)7-18-26(3,22)23/h4-6,18H,7H2,1-3H3,(H,17,19,21). The number of nitrogens with zero attached hydrogens (tertiary/aromatic N) is 1. The fourth-order valence-electron chi connectivity index (χ4n) is 2.05. The van der Waals surface area contributed by atoms with Gasteiger partial charge in [0.25, 0.3) is 5.91 Å². The number of rotatable bonds is 6. The van der Waals surface area contributed by atoms with Crippen LogP contribution in [0.25, 0.3) is 0 Å². The monoisotopic (exact) mass is 417 g/mol. The summed E-state index contributed by atoms with van der Waals surface area (Å²) < 4.78 is 29.6. The highest BCUT2D eigenvalue weighted by atomic mass is 35.5. The molecule has 0 aliphatic heterocycles. The Morgan fingerprint density at radius 1 is 1.35 bits per heavy atom. The quantitative estimate of drug-likeness (QED) is 0.550. The maximum atomic E-state index is 12.6. The summed E-state index contributed by atoms with van der Waals surface area (Å²) in [6.07, 6.45) is 2.51. The Bertz CT molecular complexity index is 956. The fraction of sp³-hybridized carbons (Fsp3) is 0.267. The maximum Gasteiger partial charge on any atom is 0.308 e. The van der Waals surface area contributed by atoms with Crippen molar-refractivity contribution in [2.45, 2.75) is 20.4 Å². The highest BCUT2D eigenvalue weighted by Crippen LogP contribution is 2.29. The average Bonchev–Trinajstić information content (AvgIpc) is 2.90. The van der Waals surface area contributed by atoms with Gasteiger partial charge >= 0.3 is 5.97 Å². The van der Waals surface area contributed by atoms with Crippen LogP contribution < -0.4 is 14.8 Å². The van der Waals surface area contributed by atoms with Gasteiger partial charge in [0, 0.05) is 35.6 Å². The molecule has 0 fully saturated rings. The van der Waals surface area contributed by atoms with Crippen LogP contribution in [0, 0.1) is 6.92 Å². The van der Waals surface area contributed by atoms with Crippen LogP contribution in [0.5, 0.6) is 5.75 Å². The number of anilines is 1. The number of thiazole rings is 1. The third-order valence-electron chi connectivity index (χ3n) is 3.03. The number of amides is 1. The molecule has 0 saturated heterocycles. The minimum atomic E-state index is -3.33. The zero-order chi connectivity index (χ0) is 19.5. The molecule has 11 heteroatoms. The summed E-state index contributed by atoms with van der Waals surface area (Å²) in [4.78, 5) is 28.5. The van der Waals surface area contributed by atoms with E-state index in [1.54, 1.807) is 13.0 Å². The van der Waals surface area contributed by atoms with E-state index in [2.05, 4.69) is 15.0 Å². The second-order valence-corrected chi connectivity index (χ2v) is 8.75. The van der Waals surface area contributed by atoms with Crippen molar-refractivity contribution < 1.29 is 22.7 Å². The van der Waals surface area contributed by atoms with E-state index in [-0.39, 0.29) is 23.0 Å². The molecule has 0 saturated carbocycles. The number of esters is 1. The van der Waals surface area contributed by atoms with E-state index in [0.29, 0.717) is 15.5 Å². The molecule has 1 aromatic heterocycles. The minimum Gasteiger partial charge on any atom is -0.426 e. The second-order valence-electron chi connectivity index (χ2n) is 5.37. The molecule has 0 radical (unpaired) electrons. The SMILES string of the molecule is CC(=O)Oc1cc(Cl)cc(C)c1C(=O)Nc1ncc(CNS(C)(=O)=O)s1. The molecule has 0 atom stereocenters. The summed E-state index contributed by atoms with van der Waals surface area (Å²) in [5.74, 6) is -1.05. The molecule has 0 aliphatic carbocycles. The summed E-state index contributed by atoms with van der Waals surface area (Å²) in [6, 6.07) is 2.96. The molecule has 0 aliphatic rings. The van der Waals surface area contributed by atoms with Crippen molar-refractivity contribution in [3.8, 4) is 5.75 Å². The van der Waals surface area contributed by atoms with Crippen LogP contribution in [0.4, 0.5) is 5.13 Å². The molecule has 1 heterocycles. The first kappa shape index (κ1) is 20.3. The number of aromatic nitrogens is 1. The van der Waals surface area contributed by atoms with E-state index in [4.69, 9.17) is 16.3 Å². The highest BCUT2D eigenvalue weighted by molar-refractivity contribution is 7.88. The number of carbonyl (C=O) groups is 2. The van der Waals surface area contributed by atoms with Crippen molar-refractivity contribution in [2.75, 3.05) is 11.6 Å². The molecule has 8 nitrogen and oxygen atoms in total. The predicted octanol–water partition coefficient (Wildman–Crippen LogP) is 2.33. The Hall–Kier alpha value is -2.01. The summed E-state index contributed by atoms with van der Waals surface area (Å²) in [5.41, 5.74) is 0.692. The Balaban J connectivity index is 2.20. The van der Waals surface area contributed by atoms with Crippen molar-refractivity contribution in [3.63, 3.8) is 0 Å². The predicted molar refractivity (Wildman–Crippen MR) is 99.2 cm³/mol. The Kier molecular flexibility index (Phi) is 6.34. The summed E-state index contributed by atoms with van der Waals surface area (Å²) in [5, 5.41) is 3.22. The summed E-state index contributed by atoms with van der Waals surface area (Å²) in [7, 11) is -3.33. The van der Waals surface area contributed by atoms with Gasteiger partial charge in [0.05, 0.1) is 11.8 Å². The number of nitrogens with one attached hydrogen (secondary N) is 2. The summed E-state index contributed by atoms with van der Waals surface area (Å²) in [6.45, 7) is 2.96. The van der Waals surface area contributed by atoms with Gasteiger partial charge in [-0.15, -0.1) is 11.3 Å². The minimum absolute atomic E-state index is 0.0514.